The van der Waals surface area contributed by atoms with Crippen molar-refractivity contribution in [3.8, 4) is 0 Å². The van der Waals surface area contributed by atoms with Gasteiger partial charge in [0.1, 0.15) is 0 Å². The van der Waals surface area contributed by atoms with Crippen molar-refractivity contribution in [2.24, 2.45) is 5.73 Å². The zero-order valence-electron chi connectivity index (χ0n) is 9.86. The third-order valence-corrected chi connectivity index (χ3v) is 3.10. The van der Waals surface area contributed by atoms with Gasteiger partial charge in [-0.3, -0.25) is 0 Å². The first kappa shape index (κ1) is 11.6. The smallest absolute Gasteiger partial charge is 0.0951 e. The lowest BCUT2D eigenvalue weighted by molar-refractivity contribution is -0.146. The van der Waals surface area contributed by atoms with Crippen molar-refractivity contribution in [1.29, 1.82) is 0 Å². The Morgan fingerprint density at radius 1 is 1.31 bits per heavy atom. The Morgan fingerprint density at radius 2 is 2.00 bits per heavy atom. The second-order valence-electron chi connectivity index (χ2n) is 4.67. The summed E-state index contributed by atoms with van der Waals surface area (Å²) in [5.41, 5.74) is 6.87. The normalized spacial score (nSPS) is 19.4. The van der Waals surface area contributed by atoms with Crippen molar-refractivity contribution >= 4 is 0 Å². The maximum atomic E-state index is 6.04. The van der Waals surface area contributed by atoms with Gasteiger partial charge >= 0.3 is 0 Å². The van der Waals surface area contributed by atoms with E-state index in [1.807, 2.05) is 18.2 Å². The van der Waals surface area contributed by atoms with E-state index >= 15 is 0 Å². The highest BCUT2D eigenvalue weighted by atomic mass is 16.5. The van der Waals surface area contributed by atoms with E-state index in [1.165, 1.54) is 5.56 Å². The lowest BCUT2D eigenvalue weighted by Gasteiger charge is -2.48. The highest BCUT2D eigenvalue weighted by Crippen LogP contribution is 2.28. The molecule has 1 aliphatic rings. The van der Waals surface area contributed by atoms with Gasteiger partial charge in [0.05, 0.1) is 12.2 Å². The molecule has 0 aromatic heterocycles. The van der Waals surface area contributed by atoms with Gasteiger partial charge in [-0.1, -0.05) is 30.3 Å². The van der Waals surface area contributed by atoms with Gasteiger partial charge in [-0.2, -0.15) is 0 Å². The minimum Gasteiger partial charge on any atom is -0.368 e. The maximum Gasteiger partial charge on any atom is 0.0951 e. The molecule has 1 heterocycles. The number of rotatable bonds is 5. The molecule has 1 aromatic rings. The van der Waals surface area contributed by atoms with Crippen LogP contribution in [0.1, 0.15) is 12.0 Å². The van der Waals surface area contributed by atoms with Crippen LogP contribution in [-0.4, -0.2) is 37.2 Å². The van der Waals surface area contributed by atoms with E-state index < -0.39 is 0 Å². The van der Waals surface area contributed by atoms with Crippen LogP contribution in [0.3, 0.4) is 0 Å². The van der Waals surface area contributed by atoms with Crippen LogP contribution in [0.2, 0.25) is 0 Å². The molecular formula is C13H20N2O. The van der Waals surface area contributed by atoms with E-state index in [-0.39, 0.29) is 5.60 Å². The predicted molar refractivity (Wildman–Crippen MR) is 65.1 cm³/mol. The second-order valence-corrected chi connectivity index (χ2v) is 4.67. The number of ether oxygens (including phenoxy) is 1. The number of benzene rings is 1. The molecule has 1 aromatic carbocycles. The second kappa shape index (κ2) is 4.95. The monoisotopic (exact) mass is 220 g/mol. The first-order chi connectivity index (χ1) is 7.74. The first-order valence-electron chi connectivity index (χ1n) is 5.81. The fourth-order valence-electron chi connectivity index (χ4n) is 2.33. The molecule has 1 saturated heterocycles. The van der Waals surface area contributed by atoms with Gasteiger partial charge in [-0.25, -0.2) is 0 Å². The highest BCUT2D eigenvalue weighted by Gasteiger charge is 2.41. The third kappa shape index (κ3) is 2.61. The predicted octanol–water partition coefficient (Wildman–Crippen LogP) is 1.24. The summed E-state index contributed by atoms with van der Waals surface area (Å²) in [4.78, 5) is 2.26. The molecular weight excluding hydrogens is 200 g/mol. The number of likely N-dealkylation sites (tertiary alicyclic amines) is 1. The molecule has 2 rings (SSSR count). The van der Waals surface area contributed by atoms with E-state index in [9.17, 15) is 0 Å². The molecule has 88 valence electrons. The Morgan fingerprint density at radius 3 is 2.56 bits per heavy atom. The summed E-state index contributed by atoms with van der Waals surface area (Å²) in [5.74, 6) is 0. The van der Waals surface area contributed by atoms with Crippen LogP contribution in [-0.2, 0) is 11.3 Å². The van der Waals surface area contributed by atoms with Gasteiger partial charge in [0, 0.05) is 13.1 Å². The van der Waals surface area contributed by atoms with Crippen molar-refractivity contribution in [1.82, 2.24) is 4.90 Å². The zero-order chi connectivity index (χ0) is 11.4. The highest BCUT2D eigenvalue weighted by molar-refractivity contribution is 5.14. The van der Waals surface area contributed by atoms with Crippen LogP contribution in [0.5, 0.6) is 0 Å². The Kier molecular flexibility index (Phi) is 3.59. The Balaban J connectivity index is 1.88. The van der Waals surface area contributed by atoms with Gasteiger partial charge in [0.15, 0.2) is 0 Å². The third-order valence-electron chi connectivity index (χ3n) is 3.10. The minimum atomic E-state index is -0.000653. The average molecular weight is 220 g/mol. The SMILES string of the molecule is CN1CC(CCN)(OCc2ccccc2)C1. The molecule has 0 bridgehead atoms. The number of likely N-dealkylation sites (N-methyl/N-ethyl adjacent to an activating group) is 1. The quantitative estimate of drug-likeness (QED) is 0.811. The van der Waals surface area contributed by atoms with E-state index in [2.05, 4.69) is 24.1 Å². The van der Waals surface area contributed by atoms with Gasteiger partial charge < -0.3 is 15.4 Å². The van der Waals surface area contributed by atoms with Gasteiger partial charge in [-0.05, 0) is 25.6 Å². The van der Waals surface area contributed by atoms with Crippen LogP contribution < -0.4 is 5.73 Å². The van der Waals surface area contributed by atoms with Crippen LogP contribution >= 0.6 is 0 Å². The number of nitrogens with two attached hydrogens (primary N) is 1. The van der Waals surface area contributed by atoms with Crippen molar-refractivity contribution < 1.29 is 4.74 Å². The molecule has 1 fully saturated rings. The summed E-state index contributed by atoms with van der Waals surface area (Å²) >= 11 is 0. The Labute approximate surface area is 97.2 Å². The van der Waals surface area contributed by atoms with Gasteiger partial charge in [0.2, 0.25) is 0 Å². The topological polar surface area (TPSA) is 38.5 Å². The standard InChI is InChI=1S/C13H20N2O/c1-15-10-13(11-15,7-8-14)16-9-12-5-3-2-4-6-12/h2-6H,7-11,14H2,1H3. The van der Waals surface area contributed by atoms with Crippen LogP contribution in [0, 0.1) is 0 Å². The Bertz CT molecular complexity index is 314. The maximum absolute atomic E-state index is 6.04. The van der Waals surface area contributed by atoms with E-state index in [4.69, 9.17) is 10.5 Å². The van der Waals surface area contributed by atoms with Crippen molar-refractivity contribution in [3.05, 3.63) is 35.9 Å². The molecule has 3 heteroatoms. The Hall–Kier alpha value is -0.900. The van der Waals surface area contributed by atoms with Gasteiger partial charge in [0.25, 0.3) is 0 Å². The van der Waals surface area contributed by atoms with Crippen LogP contribution in [0.25, 0.3) is 0 Å². The number of hydrogen-bond donors (Lipinski definition) is 1. The molecule has 3 nitrogen and oxygen atoms in total. The largest absolute Gasteiger partial charge is 0.368 e. The summed E-state index contributed by atoms with van der Waals surface area (Å²) in [7, 11) is 2.11. The molecule has 16 heavy (non-hydrogen) atoms. The molecule has 0 atom stereocenters. The van der Waals surface area contributed by atoms with Crippen LogP contribution in [0.4, 0.5) is 0 Å². The molecule has 2 N–H and O–H groups in total. The van der Waals surface area contributed by atoms with E-state index in [1.54, 1.807) is 0 Å². The lowest BCUT2D eigenvalue weighted by Crippen LogP contribution is -2.62. The van der Waals surface area contributed by atoms with Crippen molar-refractivity contribution in [2.45, 2.75) is 18.6 Å². The molecule has 0 saturated carbocycles. The molecule has 1 aliphatic heterocycles. The fraction of sp³-hybridized carbons (Fsp3) is 0.538. The number of nitrogens with zero attached hydrogens (tertiary/aromatic N) is 1. The minimum absolute atomic E-state index is 0.000653. The van der Waals surface area contributed by atoms with Crippen molar-refractivity contribution in [2.75, 3.05) is 26.7 Å². The van der Waals surface area contributed by atoms with Gasteiger partial charge in [-0.15, -0.1) is 0 Å². The fourth-order valence-corrected chi connectivity index (χ4v) is 2.33. The molecule has 0 aliphatic carbocycles. The molecule has 0 amide bonds. The van der Waals surface area contributed by atoms with E-state index in [0.717, 1.165) is 19.5 Å². The average Bonchev–Trinajstić information content (AvgIpc) is 2.26. The summed E-state index contributed by atoms with van der Waals surface area (Å²) in [6, 6.07) is 10.3. The number of hydrogen-bond acceptors (Lipinski definition) is 3. The summed E-state index contributed by atoms with van der Waals surface area (Å²) < 4.78 is 6.04. The first-order valence-corrected chi connectivity index (χ1v) is 5.81. The molecule has 0 radical (unpaired) electrons. The summed E-state index contributed by atoms with van der Waals surface area (Å²) in [5, 5.41) is 0. The molecule has 0 spiro atoms. The molecule has 0 unspecified atom stereocenters. The van der Waals surface area contributed by atoms with Crippen molar-refractivity contribution in [3.63, 3.8) is 0 Å². The van der Waals surface area contributed by atoms with Crippen LogP contribution in [0.15, 0.2) is 30.3 Å². The zero-order valence-corrected chi connectivity index (χ0v) is 9.86. The summed E-state index contributed by atoms with van der Waals surface area (Å²) in [6.45, 7) is 3.38. The summed E-state index contributed by atoms with van der Waals surface area (Å²) in [6.07, 6.45) is 0.949. The van der Waals surface area contributed by atoms with E-state index in [0.29, 0.717) is 13.2 Å². The lowest BCUT2D eigenvalue weighted by atomic mass is 9.90.